The largest absolute Gasteiger partial charge is 0.466 e. The number of halogens is 1. The number of unbranched alkanes of at least 4 members (excludes halogenated alkanes) is 5. The molecule has 2 bridgehead atoms. The number of rotatable bonds is 13. The van der Waals surface area contributed by atoms with Gasteiger partial charge in [-0.3, -0.25) is 14.4 Å². The number of carbonyl (C=O) groups excluding carboxylic acids is 3. The molecular weight excluding hydrogens is 480 g/mol. The van der Waals surface area contributed by atoms with Crippen LogP contribution < -0.4 is 5.32 Å². The number of nitrogens with zero attached hydrogens (tertiary/aromatic N) is 1. The number of nitrogens with one attached hydrogen (secondary N) is 1. The lowest BCUT2D eigenvalue weighted by Gasteiger charge is -2.34. The molecule has 182 valence electrons. The van der Waals surface area contributed by atoms with Crippen LogP contribution in [0.1, 0.15) is 65.2 Å². The lowest BCUT2D eigenvalue weighted by atomic mass is 9.70. The molecule has 0 aromatic heterocycles. The van der Waals surface area contributed by atoms with Crippen molar-refractivity contribution in [2.75, 3.05) is 26.3 Å². The third kappa shape index (κ3) is 4.71. The number of hydrogen-bond donors (Lipinski definition) is 2. The summed E-state index contributed by atoms with van der Waals surface area (Å²) in [6, 6.07) is -0.746. The molecule has 2 N–H and O–H groups in total. The number of aliphatic hydroxyl groups excluding tert-OH is 1. The van der Waals surface area contributed by atoms with Crippen LogP contribution in [0.4, 0.5) is 0 Å². The topological polar surface area (TPSA) is 105 Å². The van der Waals surface area contributed by atoms with Gasteiger partial charge in [0.2, 0.25) is 11.8 Å². The fourth-order valence-electron chi connectivity index (χ4n) is 5.61. The summed E-state index contributed by atoms with van der Waals surface area (Å²) < 4.78 is 11.7. The fourth-order valence-corrected chi connectivity index (χ4v) is 6.55. The van der Waals surface area contributed by atoms with E-state index in [-0.39, 0.29) is 29.9 Å². The van der Waals surface area contributed by atoms with Crippen molar-refractivity contribution in [1.82, 2.24) is 10.2 Å². The molecule has 0 saturated carbocycles. The van der Waals surface area contributed by atoms with E-state index in [0.717, 1.165) is 44.9 Å². The first-order valence-electron chi connectivity index (χ1n) is 12.1. The van der Waals surface area contributed by atoms with Crippen molar-refractivity contribution in [3.8, 4) is 0 Å². The molecule has 8 nitrogen and oxygen atoms in total. The van der Waals surface area contributed by atoms with Crippen LogP contribution in [0.3, 0.4) is 0 Å². The number of alkyl halides is 1. The van der Waals surface area contributed by atoms with Gasteiger partial charge in [0.1, 0.15) is 11.6 Å². The molecule has 3 aliphatic rings. The number of esters is 1. The van der Waals surface area contributed by atoms with E-state index >= 15 is 0 Å². The Bertz CT molecular complexity index is 691. The molecule has 1 unspecified atom stereocenters. The molecule has 1 spiro atoms. The zero-order chi connectivity index (χ0) is 23.3. The highest BCUT2D eigenvalue weighted by molar-refractivity contribution is 9.09. The van der Waals surface area contributed by atoms with Crippen LogP contribution in [0.2, 0.25) is 0 Å². The van der Waals surface area contributed by atoms with Gasteiger partial charge >= 0.3 is 5.97 Å². The number of ether oxygens (including phenoxy) is 2. The van der Waals surface area contributed by atoms with Gasteiger partial charge in [0.05, 0.1) is 24.5 Å². The molecule has 9 heteroatoms. The SMILES string of the molecule is CCCCCNC(=O)[C@@H]1N(CCCCCCO)C(=O)[C@H]2[C@H](C(=O)OCC)[C@H]3O[C@@]12CC3Br. The summed E-state index contributed by atoms with van der Waals surface area (Å²) in [5, 5.41) is 12.0. The number of amides is 2. The van der Waals surface area contributed by atoms with Crippen molar-refractivity contribution in [3.63, 3.8) is 0 Å². The molecule has 32 heavy (non-hydrogen) atoms. The first kappa shape index (κ1) is 25.4. The standard InChI is InChI=1S/C23H37BrN2O6/c1-3-5-8-11-25-20(28)19-23-14-15(24)18(32-23)16(22(30)31-4-2)17(23)21(29)26(19)12-9-6-7-10-13-27/h15-19,27H,3-14H2,1-2H3,(H,25,28)/t15?,16-,17+,18-,19-,23+/m0/s1. The second-order valence-electron chi connectivity index (χ2n) is 9.08. The van der Waals surface area contributed by atoms with E-state index in [2.05, 4.69) is 28.2 Å². The lowest BCUT2D eigenvalue weighted by Crippen LogP contribution is -2.56. The molecule has 3 saturated heterocycles. The summed E-state index contributed by atoms with van der Waals surface area (Å²) in [6.45, 7) is 5.24. The first-order valence-corrected chi connectivity index (χ1v) is 13.0. The van der Waals surface area contributed by atoms with Crippen molar-refractivity contribution in [2.24, 2.45) is 11.8 Å². The molecule has 0 radical (unpaired) electrons. The Morgan fingerprint density at radius 1 is 1.22 bits per heavy atom. The number of likely N-dealkylation sites (tertiary alicyclic amines) is 1. The highest BCUT2D eigenvalue weighted by atomic mass is 79.9. The van der Waals surface area contributed by atoms with Gasteiger partial charge in [0.25, 0.3) is 0 Å². The Morgan fingerprint density at radius 2 is 1.97 bits per heavy atom. The molecule has 0 aromatic rings. The van der Waals surface area contributed by atoms with Crippen LogP contribution in [-0.2, 0) is 23.9 Å². The van der Waals surface area contributed by atoms with Gasteiger partial charge in [-0.1, -0.05) is 48.5 Å². The zero-order valence-electron chi connectivity index (χ0n) is 19.2. The van der Waals surface area contributed by atoms with Crippen LogP contribution in [0.5, 0.6) is 0 Å². The average Bonchev–Trinajstić information content (AvgIpc) is 3.35. The summed E-state index contributed by atoms with van der Waals surface area (Å²) in [5.74, 6) is -2.19. The van der Waals surface area contributed by atoms with E-state index in [9.17, 15) is 14.4 Å². The van der Waals surface area contributed by atoms with E-state index in [1.807, 2.05) is 0 Å². The van der Waals surface area contributed by atoms with Crippen LogP contribution >= 0.6 is 15.9 Å². The second-order valence-corrected chi connectivity index (χ2v) is 10.3. The minimum atomic E-state index is -1.01. The van der Waals surface area contributed by atoms with E-state index in [4.69, 9.17) is 14.6 Å². The number of aliphatic hydroxyl groups is 1. The smallest absolute Gasteiger partial charge is 0.312 e. The summed E-state index contributed by atoms with van der Waals surface area (Å²) in [7, 11) is 0. The Balaban J connectivity index is 1.83. The van der Waals surface area contributed by atoms with Crippen molar-refractivity contribution >= 4 is 33.7 Å². The number of carbonyl (C=O) groups is 3. The average molecular weight is 517 g/mol. The quantitative estimate of drug-likeness (QED) is 0.221. The molecule has 6 atom stereocenters. The molecule has 0 aliphatic carbocycles. The summed E-state index contributed by atoms with van der Waals surface area (Å²) in [4.78, 5) is 41.3. The van der Waals surface area contributed by atoms with E-state index in [1.54, 1.807) is 11.8 Å². The Hall–Kier alpha value is -1.19. The fraction of sp³-hybridized carbons (Fsp3) is 0.870. The molecule has 3 aliphatic heterocycles. The van der Waals surface area contributed by atoms with E-state index < -0.39 is 35.6 Å². The Labute approximate surface area is 198 Å². The molecule has 0 aromatic carbocycles. The molecule has 3 rings (SSSR count). The summed E-state index contributed by atoms with van der Waals surface area (Å²) in [5.41, 5.74) is -1.01. The predicted molar refractivity (Wildman–Crippen MR) is 122 cm³/mol. The van der Waals surface area contributed by atoms with Gasteiger partial charge in [0.15, 0.2) is 0 Å². The van der Waals surface area contributed by atoms with Gasteiger partial charge in [-0.15, -0.1) is 0 Å². The second kappa shape index (κ2) is 11.3. The summed E-state index contributed by atoms with van der Waals surface area (Å²) >= 11 is 3.64. The van der Waals surface area contributed by atoms with Gasteiger partial charge < -0.3 is 24.8 Å². The summed E-state index contributed by atoms with van der Waals surface area (Å²) in [6.07, 6.45) is 6.20. The van der Waals surface area contributed by atoms with Crippen LogP contribution in [0, 0.1) is 11.8 Å². The van der Waals surface area contributed by atoms with Crippen molar-refractivity contribution < 1.29 is 29.0 Å². The third-order valence-corrected chi connectivity index (χ3v) is 7.83. The van der Waals surface area contributed by atoms with Gasteiger partial charge in [-0.2, -0.15) is 0 Å². The third-order valence-electron chi connectivity index (χ3n) is 6.98. The normalized spacial score (nSPS) is 32.9. The van der Waals surface area contributed by atoms with Crippen LogP contribution in [-0.4, -0.2) is 76.7 Å². The molecule has 2 amide bonds. The van der Waals surface area contributed by atoms with Crippen molar-refractivity contribution in [2.45, 2.75) is 87.8 Å². The van der Waals surface area contributed by atoms with Gasteiger partial charge in [0, 0.05) is 24.5 Å². The van der Waals surface area contributed by atoms with Crippen molar-refractivity contribution in [1.29, 1.82) is 0 Å². The molecular formula is C23H37BrN2O6. The van der Waals surface area contributed by atoms with Crippen LogP contribution in [0.15, 0.2) is 0 Å². The predicted octanol–water partition coefficient (Wildman–Crippen LogP) is 2.16. The van der Waals surface area contributed by atoms with Crippen molar-refractivity contribution in [3.05, 3.63) is 0 Å². The van der Waals surface area contributed by atoms with Gasteiger partial charge in [-0.05, 0) is 32.6 Å². The minimum absolute atomic E-state index is 0.110. The molecule has 3 heterocycles. The zero-order valence-corrected chi connectivity index (χ0v) is 20.8. The van der Waals surface area contributed by atoms with Crippen LogP contribution in [0.25, 0.3) is 0 Å². The Morgan fingerprint density at radius 3 is 2.66 bits per heavy atom. The maximum absolute atomic E-state index is 13.6. The van der Waals surface area contributed by atoms with E-state index in [0.29, 0.717) is 19.5 Å². The first-order chi connectivity index (χ1) is 15.4. The Kier molecular flexibility index (Phi) is 8.97. The maximum Gasteiger partial charge on any atom is 0.312 e. The molecule has 3 fully saturated rings. The highest BCUT2D eigenvalue weighted by Crippen LogP contribution is 2.60. The van der Waals surface area contributed by atoms with E-state index in [1.165, 1.54) is 0 Å². The monoisotopic (exact) mass is 516 g/mol. The minimum Gasteiger partial charge on any atom is -0.466 e. The number of hydrogen-bond acceptors (Lipinski definition) is 6. The maximum atomic E-state index is 13.6. The lowest BCUT2D eigenvalue weighted by molar-refractivity contribution is -0.154. The number of fused-ring (bicyclic) bond motifs is 1. The van der Waals surface area contributed by atoms with Gasteiger partial charge in [-0.25, -0.2) is 0 Å². The highest BCUT2D eigenvalue weighted by Gasteiger charge is 2.76.